The molecule has 2 rings (SSSR count). The number of anilines is 1. The highest BCUT2D eigenvalue weighted by Crippen LogP contribution is 2.13. The molecule has 0 aliphatic heterocycles. The Morgan fingerprint density at radius 1 is 1.04 bits per heavy atom. The number of ketones is 1. The fourth-order valence-electron chi connectivity index (χ4n) is 1.94. The summed E-state index contributed by atoms with van der Waals surface area (Å²) in [5.41, 5.74) is 1.28. The van der Waals surface area contributed by atoms with Crippen molar-refractivity contribution in [3.05, 3.63) is 64.7 Å². The number of nitrogens with one attached hydrogen (secondary N) is 1. The zero-order chi connectivity index (χ0) is 18.4. The average Bonchev–Trinajstić information content (AvgIpc) is 2.59. The minimum atomic E-state index is -0.614. The summed E-state index contributed by atoms with van der Waals surface area (Å²) >= 11 is 5.81. The van der Waals surface area contributed by atoms with E-state index < -0.39 is 5.97 Å². The molecule has 0 heterocycles. The molecule has 0 unspecified atom stereocenters. The smallest absolute Gasteiger partial charge is 0.338 e. The van der Waals surface area contributed by atoms with Crippen molar-refractivity contribution >= 4 is 34.9 Å². The number of Topliss-reactive ketones (excluding diaryl/α,β-unsaturated/α-hetero) is 1. The maximum atomic E-state index is 12.1. The van der Waals surface area contributed by atoms with Crippen LogP contribution in [0.25, 0.3) is 0 Å². The lowest BCUT2D eigenvalue weighted by molar-refractivity contribution is -0.118. The van der Waals surface area contributed by atoms with Crippen molar-refractivity contribution in [1.82, 2.24) is 0 Å². The summed E-state index contributed by atoms with van der Waals surface area (Å²) in [5, 5.41) is 3.15. The van der Waals surface area contributed by atoms with E-state index >= 15 is 0 Å². The van der Waals surface area contributed by atoms with Crippen LogP contribution in [-0.2, 0) is 9.53 Å². The molecule has 1 N–H and O–H groups in total. The Bertz CT molecular complexity index is 784. The van der Waals surface area contributed by atoms with Crippen LogP contribution in [0.2, 0.25) is 5.02 Å². The average molecular weight is 360 g/mol. The highest BCUT2D eigenvalue weighted by molar-refractivity contribution is 6.30. The highest BCUT2D eigenvalue weighted by atomic mass is 35.5. The molecule has 25 heavy (non-hydrogen) atoms. The molecule has 0 aliphatic rings. The van der Waals surface area contributed by atoms with Crippen LogP contribution in [-0.4, -0.2) is 24.3 Å². The molecule has 0 radical (unpaired) electrons. The summed E-state index contributed by atoms with van der Waals surface area (Å²) in [5.74, 6) is -1.18. The van der Waals surface area contributed by atoms with Crippen molar-refractivity contribution < 1.29 is 19.1 Å². The SMILES string of the molecule is CC(C)C(=O)Nc1ccc(C(=O)COC(=O)c2cccc(Cl)c2)cc1. The molecule has 0 saturated carbocycles. The van der Waals surface area contributed by atoms with Crippen LogP contribution in [0.1, 0.15) is 34.6 Å². The van der Waals surface area contributed by atoms with Gasteiger partial charge in [0.2, 0.25) is 5.91 Å². The van der Waals surface area contributed by atoms with Gasteiger partial charge in [-0.1, -0.05) is 31.5 Å². The number of benzene rings is 2. The lowest BCUT2D eigenvalue weighted by Gasteiger charge is -2.08. The van der Waals surface area contributed by atoms with Crippen LogP contribution in [0.15, 0.2) is 48.5 Å². The van der Waals surface area contributed by atoms with E-state index in [1.165, 1.54) is 6.07 Å². The van der Waals surface area contributed by atoms with Crippen LogP contribution in [0.4, 0.5) is 5.69 Å². The second-order valence-electron chi connectivity index (χ2n) is 5.73. The van der Waals surface area contributed by atoms with E-state index in [-0.39, 0.29) is 29.8 Å². The summed E-state index contributed by atoms with van der Waals surface area (Å²) in [6.07, 6.45) is 0. The van der Waals surface area contributed by atoms with Crippen molar-refractivity contribution in [2.45, 2.75) is 13.8 Å². The lowest BCUT2D eigenvalue weighted by Crippen LogP contribution is -2.18. The maximum Gasteiger partial charge on any atom is 0.338 e. The van der Waals surface area contributed by atoms with Gasteiger partial charge < -0.3 is 10.1 Å². The van der Waals surface area contributed by atoms with E-state index in [0.717, 1.165) is 0 Å². The molecule has 130 valence electrons. The predicted octanol–water partition coefficient (Wildman–Crippen LogP) is 3.97. The molecule has 2 aromatic rings. The first kappa shape index (κ1) is 18.7. The Labute approximate surface area is 150 Å². The van der Waals surface area contributed by atoms with Crippen LogP contribution in [0.5, 0.6) is 0 Å². The largest absolute Gasteiger partial charge is 0.454 e. The molecule has 2 aromatic carbocycles. The zero-order valence-corrected chi connectivity index (χ0v) is 14.7. The Kier molecular flexibility index (Phi) is 6.31. The number of hydrogen-bond donors (Lipinski definition) is 1. The van der Waals surface area contributed by atoms with Crippen LogP contribution in [0.3, 0.4) is 0 Å². The third-order valence-electron chi connectivity index (χ3n) is 3.39. The molecule has 0 fully saturated rings. The minimum absolute atomic E-state index is 0.102. The van der Waals surface area contributed by atoms with Crippen LogP contribution >= 0.6 is 11.6 Å². The first-order valence-corrected chi connectivity index (χ1v) is 8.11. The summed E-state index contributed by atoms with van der Waals surface area (Å²) in [4.78, 5) is 35.6. The Morgan fingerprint density at radius 3 is 2.32 bits per heavy atom. The van der Waals surface area contributed by atoms with E-state index in [1.54, 1.807) is 56.3 Å². The molecule has 0 atom stereocenters. The number of amides is 1. The van der Waals surface area contributed by atoms with Gasteiger partial charge in [-0.2, -0.15) is 0 Å². The molecular weight excluding hydrogens is 342 g/mol. The van der Waals surface area contributed by atoms with Crippen molar-refractivity contribution in [1.29, 1.82) is 0 Å². The fraction of sp³-hybridized carbons (Fsp3) is 0.211. The van der Waals surface area contributed by atoms with Crippen molar-refractivity contribution in [3.63, 3.8) is 0 Å². The Hall–Kier alpha value is -2.66. The van der Waals surface area contributed by atoms with E-state index in [0.29, 0.717) is 16.3 Å². The number of rotatable bonds is 6. The van der Waals surface area contributed by atoms with Gasteiger partial charge in [0.05, 0.1) is 5.56 Å². The van der Waals surface area contributed by atoms with Crippen molar-refractivity contribution in [3.8, 4) is 0 Å². The molecule has 0 bridgehead atoms. The second kappa shape index (κ2) is 8.44. The predicted molar refractivity (Wildman–Crippen MR) is 96.0 cm³/mol. The summed E-state index contributed by atoms with van der Waals surface area (Å²) in [6.45, 7) is 3.21. The molecule has 0 aromatic heterocycles. The van der Waals surface area contributed by atoms with Gasteiger partial charge in [0, 0.05) is 22.2 Å². The minimum Gasteiger partial charge on any atom is -0.454 e. The van der Waals surface area contributed by atoms with Gasteiger partial charge in [0.15, 0.2) is 12.4 Å². The van der Waals surface area contributed by atoms with Gasteiger partial charge in [0.1, 0.15) is 0 Å². The normalized spacial score (nSPS) is 10.4. The molecule has 1 amide bonds. The first-order valence-electron chi connectivity index (χ1n) is 7.73. The van der Waals surface area contributed by atoms with Gasteiger partial charge in [-0.15, -0.1) is 0 Å². The molecule has 0 spiro atoms. The number of ether oxygens (including phenoxy) is 1. The Balaban J connectivity index is 1.92. The van der Waals surface area contributed by atoms with Gasteiger partial charge in [0.25, 0.3) is 0 Å². The number of halogens is 1. The van der Waals surface area contributed by atoms with Gasteiger partial charge in [-0.3, -0.25) is 9.59 Å². The monoisotopic (exact) mass is 359 g/mol. The van der Waals surface area contributed by atoms with Crippen LogP contribution in [0, 0.1) is 5.92 Å². The highest BCUT2D eigenvalue weighted by Gasteiger charge is 2.13. The van der Waals surface area contributed by atoms with E-state index in [2.05, 4.69) is 5.32 Å². The maximum absolute atomic E-state index is 12.1. The Morgan fingerprint density at radius 2 is 1.72 bits per heavy atom. The summed E-state index contributed by atoms with van der Waals surface area (Å²) < 4.78 is 5.01. The number of carbonyl (C=O) groups is 3. The fourth-order valence-corrected chi connectivity index (χ4v) is 2.13. The summed E-state index contributed by atoms with van der Waals surface area (Å²) in [7, 11) is 0. The zero-order valence-electron chi connectivity index (χ0n) is 13.9. The van der Waals surface area contributed by atoms with E-state index in [9.17, 15) is 14.4 Å². The van der Waals surface area contributed by atoms with Gasteiger partial charge >= 0.3 is 5.97 Å². The standard InChI is InChI=1S/C19H18ClNO4/c1-12(2)18(23)21-16-8-6-13(7-9-16)17(22)11-25-19(24)14-4-3-5-15(20)10-14/h3-10,12H,11H2,1-2H3,(H,21,23). The van der Waals surface area contributed by atoms with Crippen LogP contribution < -0.4 is 5.32 Å². The van der Waals surface area contributed by atoms with Gasteiger partial charge in [-0.25, -0.2) is 4.79 Å². The second-order valence-corrected chi connectivity index (χ2v) is 6.17. The number of carbonyl (C=O) groups excluding carboxylic acids is 3. The topological polar surface area (TPSA) is 72.5 Å². The third-order valence-corrected chi connectivity index (χ3v) is 3.63. The quantitative estimate of drug-likeness (QED) is 0.625. The molecule has 6 heteroatoms. The van der Waals surface area contributed by atoms with Gasteiger partial charge in [-0.05, 0) is 42.5 Å². The first-order chi connectivity index (χ1) is 11.9. The molecule has 0 aliphatic carbocycles. The lowest BCUT2D eigenvalue weighted by atomic mass is 10.1. The number of hydrogen-bond acceptors (Lipinski definition) is 4. The molecule has 0 saturated heterocycles. The molecule has 5 nitrogen and oxygen atoms in total. The number of esters is 1. The van der Waals surface area contributed by atoms with Crippen molar-refractivity contribution in [2.75, 3.05) is 11.9 Å². The third kappa shape index (κ3) is 5.43. The van der Waals surface area contributed by atoms with Crippen molar-refractivity contribution in [2.24, 2.45) is 5.92 Å². The summed E-state index contributed by atoms with van der Waals surface area (Å²) in [6, 6.07) is 12.7. The van der Waals surface area contributed by atoms with E-state index in [1.807, 2.05) is 0 Å². The molecular formula is C19H18ClNO4. The van der Waals surface area contributed by atoms with E-state index in [4.69, 9.17) is 16.3 Å².